The number of ether oxygens (including phenoxy) is 4. The number of hydrogen-bond donors (Lipinski definition) is 3. The molecular formula is C46H58N2O8. The number of nitrogens with two attached hydrogens (primary N) is 1. The second-order valence-corrected chi connectivity index (χ2v) is 15.5. The molecule has 1 aliphatic rings. The highest BCUT2D eigenvalue weighted by molar-refractivity contribution is 6.05. The normalized spacial score (nSPS) is 15.5. The number of nitrogens with zero attached hydrogens (tertiary/aromatic N) is 1. The van der Waals surface area contributed by atoms with Crippen molar-refractivity contribution >= 4 is 11.8 Å². The highest BCUT2D eigenvalue weighted by Gasteiger charge is 2.59. The summed E-state index contributed by atoms with van der Waals surface area (Å²) in [6.07, 6.45) is 2.61. The van der Waals surface area contributed by atoms with E-state index in [4.69, 9.17) is 24.7 Å². The average molecular weight is 767 g/mol. The lowest BCUT2D eigenvalue weighted by atomic mass is 9.67. The Kier molecular flexibility index (Phi) is 13.1. The van der Waals surface area contributed by atoms with Crippen molar-refractivity contribution in [1.82, 2.24) is 4.90 Å². The Bertz CT molecular complexity index is 1690. The number of rotatable bonds is 16. The van der Waals surface area contributed by atoms with Crippen LogP contribution in [-0.2, 0) is 20.8 Å². The molecule has 0 aliphatic heterocycles. The van der Waals surface area contributed by atoms with Crippen molar-refractivity contribution in [3.63, 3.8) is 0 Å². The third-order valence-electron chi connectivity index (χ3n) is 11.7. The van der Waals surface area contributed by atoms with Gasteiger partial charge in [-0.05, 0) is 95.5 Å². The van der Waals surface area contributed by atoms with Gasteiger partial charge in [-0.3, -0.25) is 9.59 Å². The molecule has 2 atom stereocenters. The van der Waals surface area contributed by atoms with Crippen LogP contribution in [0.3, 0.4) is 0 Å². The Morgan fingerprint density at radius 1 is 0.554 bits per heavy atom. The van der Waals surface area contributed by atoms with Gasteiger partial charge in [0.05, 0.1) is 40.5 Å². The molecule has 0 spiro atoms. The number of carbonyl (C=O) groups is 2. The summed E-state index contributed by atoms with van der Waals surface area (Å²) < 4.78 is 22.0. The molecule has 0 saturated heterocycles. The molecule has 2 amide bonds. The molecule has 5 rings (SSSR count). The van der Waals surface area contributed by atoms with Crippen LogP contribution in [0.1, 0.15) is 82.1 Å². The number of amides is 2. The fraction of sp³-hybridized carbons (Fsp3) is 0.435. The fourth-order valence-electron chi connectivity index (χ4n) is 8.80. The quantitative estimate of drug-likeness (QED) is 0.102. The molecule has 0 aromatic heterocycles. The summed E-state index contributed by atoms with van der Waals surface area (Å²) in [7, 11) is 6.29. The SMILES string of the molecule is COc1ccc(C(O)(c2ccc(OC)cc2)C(C(C)C)N(C(=O)C2(C(N)=O)CCCCC2)C(C(C)C)C(O)(c2ccc(OC)cc2)c2ccc(OC)cc2)cc1. The summed E-state index contributed by atoms with van der Waals surface area (Å²) in [6, 6.07) is 26.3. The minimum atomic E-state index is -1.91. The van der Waals surface area contributed by atoms with Crippen molar-refractivity contribution in [3.05, 3.63) is 119 Å². The van der Waals surface area contributed by atoms with Crippen LogP contribution in [0.5, 0.6) is 23.0 Å². The maximum absolute atomic E-state index is 16.1. The van der Waals surface area contributed by atoms with E-state index in [1.165, 1.54) is 0 Å². The number of primary amides is 1. The van der Waals surface area contributed by atoms with Crippen LogP contribution >= 0.6 is 0 Å². The molecule has 4 aromatic rings. The van der Waals surface area contributed by atoms with Gasteiger partial charge in [-0.25, -0.2) is 0 Å². The molecule has 0 bridgehead atoms. The van der Waals surface area contributed by atoms with E-state index in [0.717, 1.165) is 6.42 Å². The van der Waals surface area contributed by atoms with Crippen molar-refractivity contribution in [2.75, 3.05) is 28.4 Å². The highest BCUT2D eigenvalue weighted by Crippen LogP contribution is 2.50. The van der Waals surface area contributed by atoms with Gasteiger partial charge in [0.1, 0.15) is 39.6 Å². The van der Waals surface area contributed by atoms with Gasteiger partial charge in [-0.2, -0.15) is 0 Å². The van der Waals surface area contributed by atoms with Gasteiger partial charge in [0, 0.05) is 0 Å². The third-order valence-corrected chi connectivity index (χ3v) is 11.7. The van der Waals surface area contributed by atoms with Crippen LogP contribution in [0.4, 0.5) is 0 Å². The number of methoxy groups -OCH3 is 4. The van der Waals surface area contributed by atoms with Crippen LogP contribution in [0, 0.1) is 17.3 Å². The van der Waals surface area contributed by atoms with Gasteiger partial charge in [0.2, 0.25) is 11.8 Å². The fourth-order valence-corrected chi connectivity index (χ4v) is 8.80. The zero-order chi connectivity index (χ0) is 40.8. The Hall–Kier alpha value is -5.06. The number of hydrogen-bond acceptors (Lipinski definition) is 8. The maximum Gasteiger partial charge on any atom is 0.239 e. The summed E-state index contributed by atoms with van der Waals surface area (Å²) in [5.41, 5.74) is 2.84. The molecule has 1 aliphatic carbocycles. The molecule has 56 heavy (non-hydrogen) atoms. The minimum Gasteiger partial charge on any atom is -0.497 e. The van der Waals surface area contributed by atoms with Crippen molar-refractivity contribution in [3.8, 4) is 23.0 Å². The molecule has 0 heterocycles. The van der Waals surface area contributed by atoms with Crippen molar-refractivity contribution in [2.45, 2.75) is 83.1 Å². The van der Waals surface area contributed by atoms with E-state index < -0.39 is 52.4 Å². The molecule has 0 radical (unpaired) electrons. The second-order valence-electron chi connectivity index (χ2n) is 15.5. The second kappa shape index (κ2) is 17.4. The van der Waals surface area contributed by atoms with E-state index in [1.807, 2.05) is 27.7 Å². The van der Waals surface area contributed by atoms with E-state index in [1.54, 1.807) is 130 Å². The number of carbonyl (C=O) groups excluding carboxylic acids is 2. The first kappa shape index (κ1) is 42.1. The number of aliphatic hydroxyl groups is 2. The highest BCUT2D eigenvalue weighted by atomic mass is 16.5. The molecule has 1 fully saturated rings. The molecule has 300 valence electrons. The Morgan fingerprint density at radius 2 is 0.821 bits per heavy atom. The van der Waals surface area contributed by atoms with Crippen LogP contribution in [0.25, 0.3) is 0 Å². The van der Waals surface area contributed by atoms with E-state index in [-0.39, 0.29) is 12.8 Å². The smallest absolute Gasteiger partial charge is 0.239 e. The molecule has 10 nitrogen and oxygen atoms in total. The Balaban J connectivity index is 1.93. The molecule has 4 N–H and O–H groups in total. The first-order valence-corrected chi connectivity index (χ1v) is 19.4. The van der Waals surface area contributed by atoms with E-state index in [9.17, 15) is 15.0 Å². The van der Waals surface area contributed by atoms with E-state index >= 15 is 4.79 Å². The molecule has 10 heteroatoms. The summed E-state index contributed by atoms with van der Waals surface area (Å²) in [5.74, 6) is 0.186. The van der Waals surface area contributed by atoms with Gasteiger partial charge >= 0.3 is 0 Å². The van der Waals surface area contributed by atoms with E-state index in [0.29, 0.717) is 58.1 Å². The van der Waals surface area contributed by atoms with Gasteiger partial charge in [0.25, 0.3) is 0 Å². The standard InChI is InChI=1S/C46H58N2O8/c1-30(2)40(45(51,32-12-20-36(53-5)21-13-32)33-14-22-37(54-6)23-15-33)48(43(50)44(42(47)49)28-10-9-11-29-44)41(31(3)4)46(52,34-16-24-38(55-7)25-17-34)35-18-26-39(56-8)27-19-35/h12-27,30-31,40-41,51-52H,9-11,28-29H2,1-8H3,(H2,47,49). The zero-order valence-corrected chi connectivity index (χ0v) is 34.0. The van der Waals surface area contributed by atoms with Crippen LogP contribution in [0.2, 0.25) is 0 Å². The van der Waals surface area contributed by atoms with Gasteiger partial charge in [-0.15, -0.1) is 0 Å². The maximum atomic E-state index is 16.1. The van der Waals surface area contributed by atoms with Gasteiger partial charge in [-0.1, -0.05) is 95.5 Å². The summed E-state index contributed by atoms with van der Waals surface area (Å²) in [5, 5.41) is 27.6. The lowest BCUT2D eigenvalue weighted by Gasteiger charge is -2.55. The summed E-state index contributed by atoms with van der Waals surface area (Å²) in [4.78, 5) is 31.6. The van der Waals surface area contributed by atoms with Gasteiger partial charge in [0.15, 0.2) is 0 Å². The first-order valence-electron chi connectivity index (χ1n) is 19.4. The third kappa shape index (κ3) is 7.69. The Labute approximate surface area is 331 Å². The molecular weight excluding hydrogens is 709 g/mol. The average Bonchev–Trinajstić information content (AvgIpc) is 3.22. The number of benzene rings is 4. The zero-order valence-electron chi connectivity index (χ0n) is 34.0. The first-order chi connectivity index (χ1) is 26.7. The summed E-state index contributed by atoms with van der Waals surface area (Å²) >= 11 is 0. The van der Waals surface area contributed by atoms with Crippen molar-refractivity contribution in [1.29, 1.82) is 0 Å². The van der Waals surface area contributed by atoms with E-state index in [2.05, 4.69) is 0 Å². The van der Waals surface area contributed by atoms with Crippen molar-refractivity contribution < 1.29 is 38.7 Å². The summed E-state index contributed by atoms with van der Waals surface area (Å²) in [6.45, 7) is 7.77. The van der Waals surface area contributed by atoms with Crippen LogP contribution in [0.15, 0.2) is 97.1 Å². The topological polar surface area (TPSA) is 141 Å². The lowest BCUT2D eigenvalue weighted by molar-refractivity contribution is -0.175. The Morgan fingerprint density at radius 3 is 1.04 bits per heavy atom. The molecule has 4 aromatic carbocycles. The van der Waals surface area contributed by atoms with Crippen LogP contribution in [-0.4, -0.2) is 67.5 Å². The molecule has 1 saturated carbocycles. The van der Waals surface area contributed by atoms with Crippen LogP contribution < -0.4 is 24.7 Å². The predicted molar refractivity (Wildman–Crippen MR) is 217 cm³/mol. The van der Waals surface area contributed by atoms with Gasteiger partial charge < -0.3 is 39.8 Å². The minimum absolute atomic E-state index is 0.250. The molecule has 2 unspecified atom stereocenters. The lowest BCUT2D eigenvalue weighted by Crippen LogP contribution is -2.69. The largest absolute Gasteiger partial charge is 0.497 e. The monoisotopic (exact) mass is 766 g/mol. The predicted octanol–water partition coefficient (Wildman–Crippen LogP) is 7.21. The van der Waals surface area contributed by atoms with Crippen molar-refractivity contribution in [2.24, 2.45) is 23.0 Å².